The molecule has 122 valence electrons. The Morgan fingerprint density at radius 1 is 1.45 bits per heavy atom. The maximum absolute atomic E-state index is 12.1. The first kappa shape index (κ1) is 16.7. The van der Waals surface area contributed by atoms with E-state index < -0.39 is 5.60 Å². The van der Waals surface area contributed by atoms with E-state index in [1.165, 1.54) is 0 Å². The van der Waals surface area contributed by atoms with Gasteiger partial charge in [-0.05, 0) is 32.9 Å². The van der Waals surface area contributed by atoms with Crippen molar-refractivity contribution in [2.75, 3.05) is 26.9 Å². The lowest BCUT2D eigenvalue weighted by Crippen LogP contribution is -2.45. The standard InChI is InChI=1S/C16H24N2O4/c1-15(2,3)22-12-5-6-13(17-9-12)14(19)18-10-16(20-4)7-8-21-11-16/h5-6,9H,7-8,10-11H2,1-4H3,(H,18,19). The zero-order valence-corrected chi connectivity index (χ0v) is 13.6. The van der Waals surface area contributed by atoms with Crippen LogP contribution in [0.15, 0.2) is 18.3 Å². The number of hydrogen-bond acceptors (Lipinski definition) is 5. The Hall–Kier alpha value is -1.66. The van der Waals surface area contributed by atoms with Gasteiger partial charge >= 0.3 is 0 Å². The summed E-state index contributed by atoms with van der Waals surface area (Å²) < 4.78 is 16.5. The Labute approximate surface area is 131 Å². The summed E-state index contributed by atoms with van der Waals surface area (Å²) in [5.41, 5.74) is -0.365. The quantitative estimate of drug-likeness (QED) is 0.898. The van der Waals surface area contributed by atoms with Gasteiger partial charge in [0.15, 0.2) is 0 Å². The van der Waals surface area contributed by atoms with E-state index in [-0.39, 0.29) is 11.5 Å². The maximum Gasteiger partial charge on any atom is 0.269 e. The van der Waals surface area contributed by atoms with Crippen molar-refractivity contribution in [2.45, 2.75) is 38.4 Å². The molecule has 6 heteroatoms. The molecule has 1 fully saturated rings. The Balaban J connectivity index is 1.92. The van der Waals surface area contributed by atoms with Crippen molar-refractivity contribution < 1.29 is 19.0 Å². The van der Waals surface area contributed by atoms with Gasteiger partial charge < -0.3 is 19.5 Å². The monoisotopic (exact) mass is 308 g/mol. The van der Waals surface area contributed by atoms with Gasteiger partial charge in [-0.25, -0.2) is 4.98 Å². The molecule has 0 aromatic carbocycles. The predicted molar refractivity (Wildman–Crippen MR) is 82.1 cm³/mol. The van der Waals surface area contributed by atoms with Crippen LogP contribution in [0.3, 0.4) is 0 Å². The first-order chi connectivity index (χ1) is 10.3. The van der Waals surface area contributed by atoms with Gasteiger partial charge in [0.25, 0.3) is 5.91 Å². The number of ether oxygens (including phenoxy) is 3. The second-order valence-electron chi connectivity index (χ2n) is 6.47. The molecule has 6 nitrogen and oxygen atoms in total. The fraction of sp³-hybridized carbons (Fsp3) is 0.625. The van der Waals surface area contributed by atoms with Crippen LogP contribution in [0, 0.1) is 0 Å². The van der Waals surface area contributed by atoms with Crippen LogP contribution in [-0.2, 0) is 9.47 Å². The molecule has 2 heterocycles. The molecular formula is C16H24N2O4. The lowest BCUT2D eigenvalue weighted by molar-refractivity contribution is -0.0149. The van der Waals surface area contributed by atoms with Gasteiger partial charge in [-0.2, -0.15) is 0 Å². The summed E-state index contributed by atoms with van der Waals surface area (Å²) in [6, 6.07) is 3.40. The van der Waals surface area contributed by atoms with E-state index in [2.05, 4.69) is 10.3 Å². The Morgan fingerprint density at radius 2 is 2.23 bits per heavy atom. The summed E-state index contributed by atoms with van der Waals surface area (Å²) in [5, 5.41) is 2.85. The number of carbonyl (C=O) groups excluding carboxylic acids is 1. The minimum Gasteiger partial charge on any atom is -0.487 e. The zero-order chi connectivity index (χ0) is 16.2. The average molecular weight is 308 g/mol. The third-order valence-corrected chi connectivity index (χ3v) is 3.46. The number of amides is 1. The van der Waals surface area contributed by atoms with Gasteiger partial charge in [0, 0.05) is 26.7 Å². The molecule has 22 heavy (non-hydrogen) atoms. The van der Waals surface area contributed by atoms with Gasteiger partial charge in [0.05, 0.1) is 12.8 Å². The van der Waals surface area contributed by atoms with Gasteiger partial charge in [0.2, 0.25) is 0 Å². The number of rotatable bonds is 5. The summed E-state index contributed by atoms with van der Waals surface area (Å²) in [7, 11) is 1.64. The molecule has 1 aliphatic heterocycles. The van der Waals surface area contributed by atoms with Crippen LogP contribution in [0.2, 0.25) is 0 Å². The number of nitrogens with one attached hydrogen (secondary N) is 1. The number of nitrogens with zero attached hydrogens (tertiary/aromatic N) is 1. The predicted octanol–water partition coefficient (Wildman–Crippen LogP) is 1.79. The highest BCUT2D eigenvalue weighted by Crippen LogP contribution is 2.21. The molecule has 2 rings (SSSR count). The van der Waals surface area contributed by atoms with Gasteiger partial charge in [-0.1, -0.05) is 0 Å². The van der Waals surface area contributed by atoms with Crippen LogP contribution in [0.5, 0.6) is 5.75 Å². The van der Waals surface area contributed by atoms with E-state index in [1.807, 2.05) is 20.8 Å². The van der Waals surface area contributed by atoms with E-state index in [4.69, 9.17) is 14.2 Å². The van der Waals surface area contributed by atoms with Crippen LogP contribution in [0.25, 0.3) is 0 Å². The second-order valence-corrected chi connectivity index (χ2v) is 6.47. The highest BCUT2D eigenvalue weighted by atomic mass is 16.5. The van der Waals surface area contributed by atoms with Crippen LogP contribution >= 0.6 is 0 Å². The Kier molecular flexibility index (Phi) is 5.03. The molecule has 1 amide bonds. The fourth-order valence-corrected chi connectivity index (χ4v) is 2.22. The molecule has 0 bridgehead atoms. The zero-order valence-electron chi connectivity index (χ0n) is 13.6. The largest absolute Gasteiger partial charge is 0.487 e. The molecular weight excluding hydrogens is 284 g/mol. The van der Waals surface area contributed by atoms with Crippen molar-refractivity contribution in [3.63, 3.8) is 0 Å². The molecule has 1 aromatic rings. The van der Waals surface area contributed by atoms with Crippen molar-refractivity contribution >= 4 is 5.91 Å². The Morgan fingerprint density at radius 3 is 2.73 bits per heavy atom. The smallest absolute Gasteiger partial charge is 0.269 e. The van der Waals surface area contributed by atoms with Crippen LogP contribution in [0.4, 0.5) is 0 Å². The lowest BCUT2D eigenvalue weighted by Gasteiger charge is -2.25. The van der Waals surface area contributed by atoms with E-state index in [1.54, 1.807) is 25.4 Å². The van der Waals surface area contributed by atoms with E-state index in [0.717, 1.165) is 6.42 Å². The Bertz CT molecular complexity index is 502. The topological polar surface area (TPSA) is 69.7 Å². The van der Waals surface area contributed by atoms with Gasteiger partial charge in [0.1, 0.15) is 22.6 Å². The molecule has 0 radical (unpaired) electrons. The minimum absolute atomic E-state index is 0.231. The third-order valence-electron chi connectivity index (χ3n) is 3.46. The average Bonchev–Trinajstić information content (AvgIpc) is 2.93. The number of hydrogen-bond donors (Lipinski definition) is 1. The van der Waals surface area contributed by atoms with Crippen LogP contribution in [0.1, 0.15) is 37.7 Å². The molecule has 1 saturated heterocycles. The summed E-state index contributed by atoms with van der Waals surface area (Å²) in [6.45, 7) is 7.44. The van der Waals surface area contributed by atoms with E-state index >= 15 is 0 Å². The number of carbonyl (C=O) groups is 1. The van der Waals surface area contributed by atoms with Crippen LogP contribution in [-0.4, -0.2) is 49.0 Å². The van der Waals surface area contributed by atoms with E-state index in [0.29, 0.717) is 31.2 Å². The van der Waals surface area contributed by atoms with E-state index in [9.17, 15) is 4.79 Å². The highest BCUT2D eigenvalue weighted by molar-refractivity contribution is 5.92. The fourth-order valence-electron chi connectivity index (χ4n) is 2.22. The number of aromatic nitrogens is 1. The summed E-state index contributed by atoms with van der Waals surface area (Å²) in [5.74, 6) is 0.409. The summed E-state index contributed by atoms with van der Waals surface area (Å²) in [6.07, 6.45) is 2.33. The first-order valence-electron chi connectivity index (χ1n) is 7.40. The van der Waals surface area contributed by atoms with Crippen molar-refractivity contribution in [1.29, 1.82) is 0 Å². The van der Waals surface area contributed by atoms with Crippen molar-refractivity contribution in [3.05, 3.63) is 24.0 Å². The molecule has 1 aromatic heterocycles. The van der Waals surface area contributed by atoms with Crippen LogP contribution < -0.4 is 10.1 Å². The normalized spacial score (nSPS) is 21.6. The summed E-state index contributed by atoms with van der Waals surface area (Å²) >= 11 is 0. The van der Waals surface area contributed by atoms with Crippen molar-refractivity contribution in [2.24, 2.45) is 0 Å². The maximum atomic E-state index is 12.1. The second kappa shape index (κ2) is 6.62. The molecule has 0 aliphatic carbocycles. The number of pyridine rings is 1. The molecule has 1 N–H and O–H groups in total. The third kappa shape index (κ3) is 4.42. The number of methoxy groups -OCH3 is 1. The van der Waals surface area contributed by atoms with Gasteiger partial charge in [-0.15, -0.1) is 0 Å². The molecule has 1 aliphatic rings. The van der Waals surface area contributed by atoms with Crippen molar-refractivity contribution in [1.82, 2.24) is 10.3 Å². The molecule has 1 atom stereocenters. The lowest BCUT2D eigenvalue weighted by atomic mass is 10.0. The highest BCUT2D eigenvalue weighted by Gasteiger charge is 2.35. The SMILES string of the molecule is COC1(CNC(=O)c2ccc(OC(C)(C)C)cn2)CCOC1. The molecule has 0 spiro atoms. The summed E-state index contributed by atoms with van der Waals surface area (Å²) in [4.78, 5) is 16.3. The van der Waals surface area contributed by atoms with Gasteiger partial charge in [-0.3, -0.25) is 4.79 Å². The minimum atomic E-state index is -0.426. The first-order valence-corrected chi connectivity index (χ1v) is 7.40. The van der Waals surface area contributed by atoms with Crippen molar-refractivity contribution in [3.8, 4) is 5.75 Å². The molecule has 0 saturated carbocycles. The molecule has 1 unspecified atom stereocenters.